The number of aromatic nitrogens is 3. The van der Waals surface area contributed by atoms with Gasteiger partial charge in [0, 0.05) is 6.54 Å². The minimum atomic E-state index is -0.202. The lowest BCUT2D eigenvalue weighted by Gasteiger charge is -2.05. The van der Waals surface area contributed by atoms with Gasteiger partial charge >= 0.3 is 5.69 Å². The molecule has 5 nitrogen and oxygen atoms in total. The summed E-state index contributed by atoms with van der Waals surface area (Å²) in [4.78, 5) is 11.3. The Morgan fingerprint density at radius 3 is 2.93 bits per heavy atom. The van der Waals surface area contributed by atoms with Gasteiger partial charge in [-0.05, 0) is 12.8 Å². The Bertz CT molecular complexity index is 403. The second-order valence-corrected chi connectivity index (χ2v) is 4.28. The number of thioether (sulfide) groups is 1. The highest BCUT2D eigenvalue weighted by molar-refractivity contribution is 8.00. The summed E-state index contributed by atoms with van der Waals surface area (Å²) in [6.45, 7) is 4.57. The first-order valence-corrected chi connectivity index (χ1v) is 5.82. The molecule has 1 unspecified atom stereocenters. The van der Waals surface area contributed by atoms with Gasteiger partial charge in [-0.2, -0.15) is 5.26 Å². The first kappa shape index (κ1) is 11.9. The van der Waals surface area contributed by atoms with E-state index in [9.17, 15) is 4.79 Å². The number of nitrogens with one attached hydrogen (secondary N) is 1. The molecule has 0 aromatic carbocycles. The fourth-order valence-corrected chi connectivity index (χ4v) is 2.02. The number of hydrogen-bond donors (Lipinski definition) is 1. The third kappa shape index (κ3) is 2.86. The van der Waals surface area contributed by atoms with Crippen molar-refractivity contribution < 1.29 is 0 Å². The number of nitrogens with zero attached hydrogens (tertiary/aromatic N) is 3. The van der Waals surface area contributed by atoms with Gasteiger partial charge in [-0.25, -0.2) is 9.89 Å². The molecule has 0 aliphatic heterocycles. The number of rotatable bonds is 5. The highest BCUT2D eigenvalue weighted by atomic mass is 32.2. The van der Waals surface area contributed by atoms with E-state index in [1.165, 1.54) is 11.8 Å². The molecular weight excluding hydrogens is 212 g/mol. The van der Waals surface area contributed by atoms with Crippen LogP contribution < -0.4 is 5.69 Å². The Morgan fingerprint density at radius 1 is 1.67 bits per heavy atom. The molecule has 0 saturated heterocycles. The molecule has 0 aliphatic rings. The van der Waals surface area contributed by atoms with Crippen LogP contribution in [0, 0.1) is 11.3 Å². The van der Waals surface area contributed by atoms with E-state index >= 15 is 0 Å². The average Bonchev–Trinajstić information content (AvgIpc) is 2.58. The molecule has 1 heterocycles. The van der Waals surface area contributed by atoms with Gasteiger partial charge in [0.25, 0.3) is 0 Å². The highest BCUT2D eigenvalue weighted by Gasteiger charge is 2.13. The molecule has 0 amide bonds. The van der Waals surface area contributed by atoms with E-state index in [1.807, 2.05) is 13.8 Å². The van der Waals surface area contributed by atoms with Crippen LogP contribution in [0.2, 0.25) is 0 Å². The van der Waals surface area contributed by atoms with E-state index in [4.69, 9.17) is 5.26 Å². The van der Waals surface area contributed by atoms with Gasteiger partial charge in [-0.3, -0.25) is 4.57 Å². The first-order valence-electron chi connectivity index (χ1n) is 4.94. The number of nitriles is 1. The van der Waals surface area contributed by atoms with E-state index in [0.29, 0.717) is 11.7 Å². The summed E-state index contributed by atoms with van der Waals surface area (Å²) >= 11 is 1.34. The van der Waals surface area contributed by atoms with Crippen LogP contribution in [-0.4, -0.2) is 20.0 Å². The first-order chi connectivity index (χ1) is 7.22. The summed E-state index contributed by atoms with van der Waals surface area (Å²) in [6, 6.07) is 2.17. The van der Waals surface area contributed by atoms with Crippen molar-refractivity contribution in [1.82, 2.24) is 14.8 Å². The topological polar surface area (TPSA) is 74.5 Å². The lowest BCUT2D eigenvalue weighted by Crippen LogP contribution is -2.17. The summed E-state index contributed by atoms with van der Waals surface area (Å²) in [7, 11) is 0. The molecule has 82 valence electrons. The third-order valence-electron chi connectivity index (χ3n) is 1.93. The van der Waals surface area contributed by atoms with Crippen molar-refractivity contribution in [2.45, 2.75) is 43.6 Å². The number of hydrogen-bond acceptors (Lipinski definition) is 4. The molecule has 6 heteroatoms. The van der Waals surface area contributed by atoms with E-state index in [-0.39, 0.29) is 10.9 Å². The fraction of sp³-hybridized carbons (Fsp3) is 0.667. The maximum absolute atomic E-state index is 11.3. The maximum Gasteiger partial charge on any atom is 0.343 e. The predicted octanol–water partition coefficient (Wildman–Crippen LogP) is 1.38. The minimum absolute atomic E-state index is 0.143. The molecule has 1 rings (SSSR count). The molecule has 0 saturated carbocycles. The summed E-state index contributed by atoms with van der Waals surface area (Å²) in [5.41, 5.74) is -0.202. The lowest BCUT2D eigenvalue weighted by atomic mass is 10.4. The SMILES string of the molecule is CCCn1c(SC(C#N)CC)n[nH]c1=O. The number of H-pyrrole nitrogens is 1. The molecular formula is C9H14N4OS. The van der Waals surface area contributed by atoms with E-state index in [0.717, 1.165) is 12.8 Å². The second-order valence-electron chi connectivity index (χ2n) is 3.11. The monoisotopic (exact) mass is 226 g/mol. The van der Waals surface area contributed by atoms with Gasteiger partial charge in [0.1, 0.15) is 0 Å². The maximum atomic E-state index is 11.3. The smallest absolute Gasteiger partial charge is 0.270 e. The summed E-state index contributed by atoms with van der Waals surface area (Å²) in [5.74, 6) is 0. The van der Waals surface area contributed by atoms with Gasteiger partial charge in [-0.1, -0.05) is 25.6 Å². The van der Waals surface area contributed by atoms with Crippen LogP contribution in [0.25, 0.3) is 0 Å². The summed E-state index contributed by atoms with van der Waals surface area (Å²) in [6.07, 6.45) is 1.62. The zero-order valence-electron chi connectivity index (χ0n) is 8.86. The molecule has 0 aliphatic carbocycles. The molecule has 0 spiro atoms. The third-order valence-corrected chi connectivity index (χ3v) is 3.18. The Kier molecular flexibility index (Phi) is 4.43. The molecule has 1 N–H and O–H groups in total. The van der Waals surface area contributed by atoms with Crippen LogP contribution in [0.5, 0.6) is 0 Å². The summed E-state index contributed by atoms with van der Waals surface area (Å²) < 4.78 is 1.57. The van der Waals surface area contributed by atoms with E-state index < -0.39 is 0 Å². The molecule has 1 aromatic heterocycles. The van der Waals surface area contributed by atoms with Gasteiger partial charge in [-0.15, -0.1) is 5.10 Å². The zero-order valence-corrected chi connectivity index (χ0v) is 9.67. The van der Waals surface area contributed by atoms with Crippen LogP contribution in [0.3, 0.4) is 0 Å². The average molecular weight is 226 g/mol. The van der Waals surface area contributed by atoms with Crippen molar-refractivity contribution in [3.8, 4) is 6.07 Å². The van der Waals surface area contributed by atoms with Crippen LogP contribution in [0.1, 0.15) is 26.7 Å². The standard InChI is InChI=1S/C9H14N4OS/c1-3-5-13-8(14)11-12-9(13)15-7(4-2)6-10/h7H,3-5H2,1-2H3,(H,11,14). The van der Waals surface area contributed by atoms with Crippen LogP contribution in [0.4, 0.5) is 0 Å². The lowest BCUT2D eigenvalue weighted by molar-refractivity contribution is 0.603. The molecule has 1 aromatic rings. The molecule has 0 fully saturated rings. The van der Waals surface area contributed by atoms with Gasteiger partial charge in [0.2, 0.25) is 0 Å². The van der Waals surface area contributed by atoms with Crippen LogP contribution in [0.15, 0.2) is 9.95 Å². The van der Waals surface area contributed by atoms with Gasteiger partial charge in [0.15, 0.2) is 5.16 Å². The largest absolute Gasteiger partial charge is 0.343 e. The zero-order chi connectivity index (χ0) is 11.3. The van der Waals surface area contributed by atoms with Crippen molar-refractivity contribution >= 4 is 11.8 Å². The quantitative estimate of drug-likeness (QED) is 0.769. The van der Waals surface area contributed by atoms with Gasteiger partial charge in [0.05, 0.1) is 11.3 Å². The normalized spacial score (nSPS) is 12.3. The number of aromatic amines is 1. The molecule has 0 bridgehead atoms. The molecule has 1 atom stereocenters. The van der Waals surface area contributed by atoms with Crippen molar-refractivity contribution in [3.05, 3.63) is 10.5 Å². The Hall–Kier alpha value is -1.22. The Morgan fingerprint density at radius 2 is 2.40 bits per heavy atom. The van der Waals surface area contributed by atoms with Crippen LogP contribution >= 0.6 is 11.8 Å². The fourth-order valence-electron chi connectivity index (χ4n) is 1.14. The van der Waals surface area contributed by atoms with Crippen molar-refractivity contribution in [2.75, 3.05) is 0 Å². The van der Waals surface area contributed by atoms with Crippen molar-refractivity contribution in [3.63, 3.8) is 0 Å². The molecule has 15 heavy (non-hydrogen) atoms. The Labute approximate surface area is 92.5 Å². The van der Waals surface area contributed by atoms with Crippen molar-refractivity contribution in [1.29, 1.82) is 5.26 Å². The summed E-state index contributed by atoms with van der Waals surface area (Å²) in [5, 5.41) is 15.6. The predicted molar refractivity (Wildman–Crippen MR) is 58.7 cm³/mol. The van der Waals surface area contributed by atoms with E-state index in [2.05, 4.69) is 16.3 Å². The Balaban J connectivity index is 2.85. The van der Waals surface area contributed by atoms with Gasteiger partial charge < -0.3 is 0 Å². The minimum Gasteiger partial charge on any atom is -0.270 e. The molecule has 0 radical (unpaired) electrons. The van der Waals surface area contributed by atoms with Crippen LogP contribution in [-0.2, 0) is 6.54 Å². The second kappa shape index (κ2) is 5.61. The van der Waals surface area contributed by atoms with E-state index in [1.54, 1.807) is 4.57 Å². The highest BCUT2D eigenvalue weighted by Crippen LogP contribution is 2.21. The van der Waals surface area contributed by atoms with Crippen molar-refractivity contribution in [2.24, 2.45) is 0 Å².